The molecule has 26 heavy (non-hydrogen) atoms. The average molecular weight is 352 g/mol. The van der Waals surface area contributed by atoms with Gasteiger partial charge < -0.3 is 9.88 Å². The Balaban J connectivity index is 1.67. The van der Waals surface area contributed by atoms with E-state index in [0.29, 0.717) is 12.5 Å². The number of aromatic nitrogens is 2. The number of carbonyl (C=O) groups excluding carboxylic acids is 1. The molecule has 6 heteroatoms. The third-order valence-electron chi connectivity index (χ3n) is 4.54. The van der Waals surface area contributed by atoms with E-state index in [1.54, 1.807) is 11.6 Å². The van der Waals surface area contributed by atoms with E-state index in [1.807, 2.05) is 25.2 Å². The van der Waals surface area contributed by atoms with Crippen molar-refractivity contribution in [1.82, 2.24) is 20.3 Å². The molecule has 0 saturated carbocycles. The molecule has 0 unspecified atom stereocenters. The van der Waals surface area contributed by atoms with Gasteiger partial charge in [-0.05, 0) is 41.7 Å². The summed E-state index contributed by atoms with van der Waals surface area (Å²) in [7, 11) is 2.00. The first-order valence-electron chi connectivity index (χ1n) is 8.72. The van der Waals surface area contributed by atoms with Crippen molar-refractivity contribution >= 4 is 23.0 Å². The Morgan fingerprint density at radius 1 is 1.42 bits per heavy atom. The summed E-state index contributed by atoms with van der Waals surface area (Å²) in [5, 5.41) is 12.0. The van der Waals surface area contributed by atoms with Crippen molar-refractivity contribution in [3.05, 3.63) is 59.5 Å². The van der Waals surface area contributed by atoms with Crippen LogP contribution in [0.25, 0.3) is 17.1 Å². The third-order valence-corrected chi connectivity index (χ3v) is 4.54. The van der Waals surface area contributed by atoms with Crippen LogP contribution in [-0.4, -0.2) is 27.2 Å². The molecule has 1 aromatic carbocycles. The van der Waals surface area contributed by atoms with Gasteiger partial charge in [0, 0.05) is 19.7 Å². The van der Waals surface area contributed by atoms with Gasteiger partial charge in [-0.2, -0.15) is 0 Å². The second-order valence-electron chi connectivity index (χ2n) is 6.60. The van der Waals surface area contributed by atoms with Crippen molar-refractivity contribution in [2.45, 2.75) is 19.9 Å². The first-order chi connectivity index (χ1) is 12.6. The van der Waals surface area contributed by atoms with Crippen LogP contribution in [0.15, 0.2) is 48.1 Å². The Kier molecular flexibility index (Phi) is 5.65. The first kappa shape index (κ1) is 18.1. The van der Waals surface area contributed by atoms with Gasteiger partial charge in [0.15, 0.2) is 0 Å². The molecule has 0 spiro atoms. The Hall–Kier alpha value is -2.70. The predicted molar refractivity (Wildman–Crippen MR) is 102 cm³/mol. The van der Waals surface area contributed by atoms with Gasteiger partial charge in [0.05, 0.1) is 17.6 Å². The van der Waals surface area contributed by atoms with E-state index >= 15 is 0 Å². The summed E-state index contributed by atoms with van der Waals surface area (Å²) in [4.78, 5) is 15.8. The molecule has 3 rings (SSSR count). The normalized spacial score (nSPS) is 17.0. The van der Waals surface area contributed by atoms with E-state index in [4.69, 9.17) is 10.2 Å². The van der Waals surface area contributed by atoms with Crippen LogP contribution in [0.3, 0.4) is 0 Å². The quantitative estimate of drug-likeness (QED) is 0.424. The molecule has 1 amide bonds. The maximum atomic E-state index is 11.1. The van der Waals surface area contributed by atoms with Crippen molar-refractivity contribution in [2.75, 3.05) is 6.54 Å². The van der Waals surface area contributed by atoms with Gasteiger partial charge in [0.1, 0.15) is 5.82 Å². The summed E-state index contributed by atoms with van der Waals surface area (Å²) < 4.78 is 2.07. The molecule has 3 N–H and O–H groups in total. The number of allylic oxidation sites excluding steroid dienone is 2. The number of carbonyl (C=O) groups is 1. The van der Waals surface area contributed by atoms with Crippen molar-refractivity contribution < 1.29 is 10.0 Å². The fourth-order valence-corrected chi connectivity index (χ4v) is 2.96. The summed E-state index contributed by atoms with van der Waals surface area (Å²) in [5.41, 5.74) is 5.66. The van der Waals surface area contributed by atoms with E-state index in [1.165, 1.54) is 11.6 Å². The largest absolute Gasteiger partial charge is 0.330 e. The smallest absolute Gasteiger partial charge is 0.267 e. The zero-order chi connectivity index (χ0) is 18.5. The number of hydrogen-bond acceptors (Lipinski definition) is 4. The highest BCUT2D eigenvalue weighted by Gasteiger charge is 2.09. The number of hydroxylamine groups is 1. The second kappa shape index (κ2) is 8.12. The maximum Gasteiger partial charge on any atom is 0.267 e. The topological polar surface area (TPSA) is 79.2 Å². The van der Waals surface area contributed by atoms with Gasteiger partial charge in [-0.25, -0.2) is 10.5 Å². The van der Waals surface area contributed by atoms with Gasteiger partial charge in [-0.15, -0.1) is 0 Å². The highest BCUT2D eigenvalue weighted by atomic mass is 16.5. The monoisotopic (exact) mass is 352 g/mol. The molecular weight excluding hydrogens is 328 g/mol. The lowest BCUT2D eigenvalue weighted by Crippen LogP contribution is -2.19. The molecule has 0 radical (unpaired) electrons. The number of aryl methyl sites for hydroxylation is 1. The number of nitrogens with zero attached hydrogens (tertiary/aromatic N) is 2. The number of nitrogens with one attached hydrogen (secondary N) is 2. The van der Waals surface area contributed by atoms with E-state index in [0.717, 1.165) is 35.4 Å². The second-order valence-corrected chi connectivity index (χ2v) is 6.60. The minimum atomic E-state index is -0.559. The van der Waals surface area contributed by atoms with E-state index in [-0.39, 0.29) is 0 Å². The van der Waals surface area contributed by atoms with Crippen LogP contribution in [0.4, 0.5) is 0 Å². The Labute approximate surface area is 152 Å². The van der Waals surface area contributed by atoms with Crippen LogP contribution in [0.5, 0.6) is 0 Å². The SMILES string of the molecule is C[C@@H]1C=CC(CNCc2nc3cc(/C=C/C(=O)NO)ccc3n2C)=CC1. The molecule has 1 atom stereocenters. The average Bonchev–Trinajstić information content (AvgIpc) is 2.96. The number of imidazole rings is 1. The van der Waals surface area contributed by atoms with Crippen molar-refractivity contribution in [2.24, 2.45) is 13.0 Å². The van der Waals surface area contributed by atoms with Crippen LogP contribution in [0.1, 0.15) is 24.7 Å². The molecule has 2 aromatic rings. The summed E-state index contributed by atoms with van der Waals surface area (Å²) >= 11 is 0. The lowest BCUT2D eigenvalue weighted by Gasteiger charge is -2.12. The van der Waals surface area contributed by atoms with Gasteiger partial charge >= 0.3 is 0 Å². The zero-order valence-corrected chi connectivity index (χ0v) is 15.1. The molecule has 6 nitrogen and oxygen atoms in total. The Bertz CT molecular complexity index is 893. The summed E-state index contributed by atoms with van der Waals surface area (Å²) in [6.45, 7) is 3.73. The molecular formula is C20H24N4O2. The van der Waals surface area contributed by atoms with Crippen LogP contribution in [-0.2, 0) is 18.4 Å². The van der Waals surface area contributed by atoms with Crippen molar-refractivity contribution in [3.8, 4) is 0 Å². The van der Waals surface area contributed by atoms with Gasteiger partial charge in [-0.1, -0.05) is 31.2 Å². The van der Waals surface area contributed by atoms with Gasteiger partial charge in [0.25, 0.3) is 5.91 Å². The van der Waals surface area contributed by atoms with Gasteiger partial charge in [0.2, 0.25) is 0 Å². The molecule has 1 heterocycles. The third kappa shape index (κ3) is 4.28. The molecule has 136 valence electrons. The van der Waals surface area contributed by atoms with Gasteiger partial charge in [-0.3, -0.25) is 10.0 Å². The van der Waals surface area contributed by atoms with E-state index in [2.05, 4.69) is 35.0 Å². The highest BCUT2D eigenvalue weighted by molar-refractivity contribution is 5.91. The fraction of sp³-hybridized carbons (Fsp3) is 0.300. The maximum absolute atomic E-state index is 11.1. The van der Waals surface area contributed by atoms with Crippen LogP contribution >= 0.6 is 0 Å². The number of amides is 1. The minimum Gasteiger partial charge on any atom is -0.330 e. The standard InChI is InChI=1S/C20H24N4O2/c1-14-3-5-16(6-4-14)12-21-13-19-22-17-11-15(8-10-20(25)23-26)7-9-18(17)24(19)2/h3,5-11,14,21,26H,4,12-13H2,1-2H3,(H,23,25)/b10-8+/t14-/m1/s1. The predicted octanol–water partition coefficient (Wildman–Crippen LogP) is 2.70. The van der Waals surface area contributed by atoms with Crippen molar-refractivity contribution in [3.63, 3.8) is 0 Å². The highest BCUT2D eigenvalue weighted by Crippen LogP contribution is 2.18. The fourth-order valence-electron chi connectivity index (χ4n) is 2.96. The number of rotatable bonds is 6. The molecule has 0 aliphatic heterocycles. The number of benzene rings is 1. The van der Waals surface area contributed by atoms with Crippen LogP contribution in [0, 0.1) is 5.92 Å². The Morgan fingerprint density at radius 3 is 3.00 bits per heavy atom. The minimum absolute atomic E-state index is 0.559. The molecule has 0 fully saturated rings. The molecule has 0 saturated heterocycles. The summed E-state index contributed by atoms with van der Waals surface area (Å²) in [6.07, 6.45) is 10.7. The first-order valence-corrected chi connectivity index (χ1v) is 8.72. The summed E-state index contributed by atoms with van der Waals surface area (Å²) in [5.74, 6) is 1.03. The van der Waals surface area contributed by atoms with Crippen molar-refractivity contribution in [1.29, 1.82) is 0 Å². The zero-order valence-electron chi connectivity index (χ0n) is 15.1. The Morgan fingerprint density at radius 2 is 2.27 bits per heavy atom. The van der Waals surface area contributed by atoms with E-state index in [9.17, 15) is 4.79 Å². The number of fused-ring (bicyclic) bond motifs is 1. The molecule has 0 bridgehead atoms. The van der Waals surface area contributed by atoms with E-state index < -0.39 is 5.91 Å². The summed E-state index contributed by atoms with van der Waals surface area (Å²) in [6, 6.07) is 5.82. The molecule has 1 aliphatic carbocycles. The molecule has 1 aliphatic rings. The lowest BCUT2D eigenvalue weighted by molar-refractivity contribution is -0.124. The lowest BCUT2D eigenvalue weighted by atomic mass is 9.99. The van der Waals surface area contributed by atoms with Crippen LogP contribution in [0.2, 0.25) is 0 Å². The molecule has 1 aromatic heterocycles. The van der Waals surface area contributed by atoms with Crippen LogP contribution < -0.4 is 10.8 Å². The number of hydrogen-bond donors (Lipinski definition) is 3.